The molecule has 4 nitrogen and oxygen atoms in total. The Morgan fingerprint density at radius 2 is 0.650 bits per heavy atom. The number of carbonyl (C=O) groups excluding carboxylic acids is 1. The molecule has 3 atom stereocenters. The number of rotatable bonds is 10. The van der Waals surface area contributed by atoms with Crippen molar-refractivity contribution in [3.8, 4) is 0 Å². The molecule has 0 amide bonds. The highest BCUT2D eigenvalue weighted by atomic mass is 19.4. The molecule has 240 valence electrons. The van der Waals surface area contributed by atoms with Crippen molar-refractivity contribution < 1.29 is 124 Å². The Morgan fingerprint density at radius 3 is 0.875 bits per heavy atom. The molecule has 0 aliphatic heterocycles. The first-order chi connectivity index (χ1) is 16.8. The van der Waals surface area contributed by atoms with Gasteiger partial charge in [-0.05, 0) is 0 Å². The van der Waals surface area contributed by atoms with Gasteiger partial charge in [0.1, 0.15) is 0 Å². The molecule has 0 rings (SSSR count). The van der Waals surface area contributed by atoms with E-state index in [1.807, 2.05) is 0 Å². The summed E-state index contributed by atoms with van der Waals surface area (Å²) < 4.78 is 311. The van der Waals surface area contributed by atoms with Crippen LogP contribution in [-0.2, 0) is 19.0 Å². The van der Waals surface area contributed by atoms with Crippen molar-refractivity contribution in [2.45, 2.75) is 66.5 Å². The van der Waals surface area contributed by atoms with Gasteiger partial charge in [0, 0.05) is 0 Å². The lowest BCUT2D eigenvalue weighted by Crippen LogP contribution is -2.70. The van der Waals surface area contributed by atoms with Crippen molar-refractivity contribution in [1.29, 1.82) is 0 Å². The first kappa shape index (κ1) is 37.9. The van der Waals surface area contributed by atoms with Gasteiger partial charge in [-0.2, -0.15) is 105 Å². The van der Waals surface area contributed by atoms with E-state index in [1.165, 1.54) is 4.74 Å². The summed E-state index contributed by atoms with van der Waals surface area (Å²) in [7, 11) is 0. The van der Waals surface area contributed by atoms with E-state index in [2.05, 4.69) is 0 Å². The van der Waals surface area contributed by atoms with Crippen LogP contribution < -0.4 is 0 Å². The number of ether oxygens (including phenoxy) is 3. The van der Waals surface area contributed by atoms with E-state index in [9.17, 15) is 110 Å². The molecular weight excluding hydrogens is 664 g/mol. The maximum atomic E-state index is 14.0. The monoisotopic (exact) mass is 664 g/mol. The largest absolute Gasteiger partial charge is 0.462 e. The average molecular weight is 664 g/mol. The van der Waals surface area contributed by atoms with Crippen LogP contribution in [0.15, 0.2) is 0 Å². The molecule has 0 aromatic heterocycles. The zero-order chi connectivity index (χ0) is 33.2. The first-order valence-electron chi connectivity index (χ1n) is 7.96. The predicted molar refractivity (Wildman–Crippen MR) is 64.9 cm³/mol. The van der Waals surface area contributed by atoms with Crippen LogP contribution in [0, 0.1) is 0 Å². The van der Waals surface area contributed by atoms with Crippen LogP contribution in [-0.4, -0.2) is 72.6 Å². The highest BCUT2D eigenvalue weighted by Crippen LogP contribution is 2.59. The van der Waals surface area contributed by atoms with Gasteiger partial charge in [0.15, 0.2) is 0 Å². The van der Waals surface area contributed by atoms with Crippen molar-refractivity contribution in [1.82, 2.24) is 0 Å². The fraction of sp³-hybridized carbons (Fsp3) is 0.917. The predicted octanol–water partition coefficient (Wildman–Crippen LogP) is 7.19. The first-order valence-corrected chi connectivity index (χ1v) is 7.96. The quantitative estimate of drug-likeness (QED) is 0.183. The fourth-order valence-electron chi connectivity index (χ4n) is 1.66. The lowest BCUT2D eigenvalue weighted by atomic mass is 10.2. The number of hydrogen-bond donors (Lipinski definition) is 0. The Morgan fingerprint density at radius 1 is 0.375 bits per heavy atom. The summed E-state index contributed by atoms with van der Waals surface area (Å²) in [6, 6.07) is -5.02. The van der Waals surface area contributed by atoms with Gasteiger partial charge in [-0.25, -0.2) is 0 Å². The molecule has 0 N–H and O–H groups in total. The maximum Gasteiger partial charge on any atom is 0.462 e. The molecule has 0 aromatic carbocycles. The third-order valence-electron chi connectivity index (χ3n) is 3.62. The smallest absolute Gasteiger partial charge is 0.263 e. The van der Waals surface area contributed by atoms with E-state index in [0.29, 0.717) is 0 Å². The summed E-state index contributed by atoms with van der Waals surface area (Å²) in [5, 5.41) is 0. The van der Waals surface area contributed by atoms with Gasteiger partial charge in [-0.1, -0.05) is 0 Å². The molecule has 0 unspecified atom stereocenters. The van der Waals surface area contributed by atoms with E-state index >= 15 is 0 Å². The highest BCUT2D eigenvalue weighted by Gasteiger charge is 2.88. The zero-order valence-corrected chi connectivity index (χ0v) is 16.7. The summed E-state index contributed by atoms with van der Waals surface area (Å²) in [6.07, 6.45) is -58.2. The Labute approximate surface area is 198 Å². The second kappa shape index (κ2) is 9.72. The van der Waals surface area contributed by atoms with Gasteiger partial charge in [0.05, 0.1) is 0 Å². The van der Waals surface area contributed by atoms with Crippen LogP contribution in [0.2, 0.25) is 0 Å². The zero-order valence-electron chi connectivity index (χ0n) is 16.7. The molecule has 0 spiro atoms. The maximum absolute atomic E-state index is 14.0. The molecule has 0 fully saturated rings. The van der Waals surface area contributed by atoms with E-state index in [0.717, 1.165) is 9.47 Å². The molecule has 0 heterocycles. The van der Waals surface area contributed by atoms with Gasteiger partial charge >= 0.3 is 72.6 Å². The standard InChI is InChI=1S/C12F24O4/c13-1(37)2(14,6(19,20)21)38-11(33,34)4(17,8(25,26)27)40-12(35,36)5(18,9(28,29)30)39-10(31,32)3(15,16)7(22,23)24/t2-,4+,5-/m0/s1. The van der Waals surface area contributed by atoms with Crippen molar-refractivity contribution in [3.63, 3.8) is 0 Å². The van der Waals surface area contributed by atoms with Crippen molar-refractivity contribution in [3.05, 3.63) is 0 Å². The normalized spacial score (nSPS) is 20.0. The third-order valence-corrected chi connectivity index (χ3v) is 3.62. The molecule has 0 bridgehead atoms. The minimum Gasteiger partial charge on any atom is -0.263 e. The summed E-state index contributed by atoms with van der Waals surface area (Å²) in [5.41, 5.74) is 0. The van der Waals surface area contributed by atoms with Crippen molar-refractivity contribution in [2.24, 2.45) is 0 Å². The van der Waals surface area contributed by atoms with Crippen molar-refractivity contribution >= 4 is 6.04 Å². The van der Waals surface area contributed by atoms with Gasteiger partial charge in [0.25, 0.3) is 0 Å². The van der Waals surface area contributed by atoms with Gasteiger partial charge in [0.2, 0.25) is 0 Å². The summed E-state index contributed by atoms with van der Waals surface area (Å²) in [5.74, 6) is -33.2. The minimum atomic E-state index is -8.80. The topological polar surface area (TPSA) is 44.8 Å². The summed E-state index contributed by atoms with van der Waals surface area (Å²) in [4.78, 5) is 9.99. The average Bonchev–Trinajstić information content (AvgIpc) is 2.62. The van der Waals surface area contributed by atoms with Crippen LogP contribution in [0.4, 0.5) is 105 Å². The molecule has 28 heteroatoms. The Balaban J connectivity index is 7.24. The molecule has 0 radical (unpaired) electrons. The highest BCUT2D eigenvalue weighted by molar-refractivity contribution is 5.77. The summed E-state index contributed by atoms with van der Waals surface area (Å²) >= 11 is 0. The Bertz CT molecular complexity index is 928. The Hall–Kier alpha value is -2.13. The van der Waals surface area contributed by atoms with Gasteiger partial charge in [-0.3, -0.25) is 19.0 Å². The molecule has 0 aliphatic carbocycles. The summed E-state index contributed by atoms with van der Waals surface area (Å²) in [6.45, 7) is 0. The van der Waals surface area contributed by atoms with Crippen LogP contribution in [0.1, 0.15) is 0 Å². The number of halogens is 24. The van der Waals surface area contributed by atoms with E-state index in [-0.39, 0.29) is 0 Å². The van der Waals surface area contributed by atoms with Gasteiger partial charge < -0.3 is 0 Å². The third kappa shape index (κ3) is 6.06. The van der Waals surface area contributed by atoms with E-state index in [4.69, 9.17) is 0 Å². The second-order valence-electron chi connectivity index (χ2n) is 6.48. The van der Waals surface area contributed by atoms with Crippen LogP contribution >= 0.6 is 0 Å². The molecule has 0 aliphatic rings. The van der Waals surface area contributed by atoms with Crippen molar-refractivity contribution in [2.75, 3.05) is 0 Å². The van der Waals surface area contributed by atoms with Crippen LogP contribution in [0.3, 0.4) is 0 Å². The lowest BCUT2D eigenvalue weighted by Gasteiger charge is -2.42. The lowest BCUT2D eigenvalue weighted by molar-refractivity contribution is -0.577. The molecule has 0 saturated carbocycles. The van der Waals surface area contributed by atoms with Crippen LogP contribution in [0.25, 0.3) is 0 Å². The number of alkyl halides is 23. The Kier molecular flexibility index (Phi) is 9.20. The molecule has 40 heavy (non-hydrogen) atoms. The van der Waals surface area contributed by atoms with Gasteiger partial charge in [-0.15, -0.1) is 0 Å². The number of hydrogen-bond acceptors (Lipinski definition) is 4. The van der Waals surface area contributed by atoms with E-state index < -0.39 is 72.6 Å². The molecular formula is C12F24O4. The second-order valence-corrected chi connectivity index (χ2v) is 6.48. The van der Waals surface area contributed by atoms with Crippen LogP contribution in [0.5, 0.6) is 0 Å². The molecule has 0 aromatic rings. The fourth-order valence-corrected chi connectivity index (χ4v) is 1.66. The van der Waals surface area contributed by atoms with E-state index in [1.54, 1.807) is 0 Å². The SMILES string of the molecule is O=C(F)[C@](F)(OC(F)(F)[C@](F)(OC(F)(F)[C@@](F)(OC(F)(F)C(F)(F)C(F)(F)F)C(F)(F)F)C(F)(F)F)C(F)(F)F. The minimum absolute atomic E-state index is 0.953. The molecule has 0 saturated heterocycles. The number of carbonyl (C=O) groups is 1.